The van der Waals surface area contributed by atoms with Gasteiger partial charge in [-0.3, -0.25) is 14.9 Å². The molecule has 0 aliphatic carbocycles. The lowest BCUT2D eigenvalue weighted by molar-refractivity contribution is -0.383. The lowest BCUT2D eigenvalue weighted by atomic mass is 10.1. The van der Waals surface area contributed by atoms with Crippen LogP contribution in [-0.2, 0) is 0 Å². The summed E-state index contributed by atoms with van der Waals surface area (Å²) in [5.41, 5.74) is 4.16. The summed E-state index contributed by atoms with van der Waals surface area (Å²) in [6, 6.07) is 10.4. The first-order valence-electron chi connectivity index (χ1n) is 8.43. The Morgan fingerprint density at radius 1 is 1.36 bits per heavy atom. The van der Waals surface area contributed by atoms with Gasteiger partial charge in [0.2, 0.25) is 0 Å². The van der Waals surface area contributed by atoms with Crippen molar-refractivity contribution in [2.24, 2.45) is 5.10 Å². The number of nitro groups is 1. The molecule has 0 saturated heterocycles. The Hall–Kier alpha value is -3.20. The average Bonchev–Trinajstić information content (AvgIpc) is 3.00. The monoisotopic (exact) mass is 444 g/mol. The van der Waals surface area contributed by atoms with Crippen LogP contribution in [0.3, 0.4) is 0 Å². The van der Waals surface area contributed by atoms with Gasteiger partial charge in [0, 0.05) is 9.86 Å². The van der Waals surface area contributed by atoms with Gasteiger partial charge in [-0.1, -0.05) is 28.1 Å². The van der Waals surface area contributed by atoms with Gasteiger partial charge >= 0.3 is 0 Å². The molecular weight excluding hydrogens is 428 g/mol. The number of carbonyl (C=O) groups is 1. The van der Waals surface area contributed by atoms with Gasteiger partial charge in [0.05, 0.1) is 23.8 Å². The number of fused-ring (bicyclic) bond motifs is 1. The number of hydrogen-bond donors (Lipinski definition) is 2. The van der Waals surface area contributed by atoms with E-state index in [1.54, 1.807) is 19.9 Å². The van der Waals surface area contributed by atoms with Gasteiger partial charge in [-0.2, -0.15) is 5.10 Å². The van der Waals surface area contributed by atoms with E-state index in [1.807, 2.05) is 24.3 Å². The number of rotatable bonds is 6. The van der Waals surface area contributed by atoms with Crippen molar-refractivity contribution in [3.8, 4) is 5.75 Å². The Morgan fingerprint density at radius 3 is 2.71 bits per heavy atom. The summed E-state index contributed by atoms with van der Waals surface area (Å²) < 4.78 is 6.35. The number of amides is 1. The van der Waals surface area contributed by atoms with Crippen molar-refractivity contribution in [2.75, 3.05) is 6.61 Å². The summed E-state index contributed by atoms with van der Waals surface area (Å²) in [7, 11) is 0. The van der Waals surface area contributed by atoms with Crippen LogP contribution < -0.4 is 10.2 Å². The molecule has 0 spiro atoms. The SMILES string of the molecule is CCOc1cc([N+](=O)[O-])c2[nH]c(C(=O)NN=Cc3ccc(Br)cc3)c(C)c2c1. The first kappa shape index (κ1) is 19.6. The summed E-state index contributed by atoms with van der Waals surface area (Å²) in [6.45, 7) is 3.89. The molecule has 0 saturated carbocycles. The molecule has 0 bridgehead atoms. The molecule has 3 aromatic rings. The van der Waals surface area contributed by atoms with E-state index in [1.165, 1.54) is 12.3 Å². The third kappa shape index (κ3) is 4.04. The molecule has 8 nitrogen and oxygen atoms in total. The molecule has 0 unspecified atom stereocenters. The number of nitro benzene ring substituents is 1. The van der Waals surface area contributed by atoms with Gasteiger partial charge in [-0.05, 0) is 43.2 Å². The molecule has 0 aliphatic rings. The topological polar surface area (TPSA) is 110 Å². The molecule has 3 rings (SSSR count). The zero-order chi connectivity index (χ0) is 20.3. The van der Waals surface area contributed by atoms with E-state index in [0.717, 1.165) is 10.0 Å². The fourth-order valence-electron chi connectivity index (χ4n) is 2.77. The normalized spacial score (nSPS) is 11.1. The van der Waals surface area contributed by atoms with Gasteiger partial charge in [0.25, 0.3) is 11.6 Å². The maximum Gasteiger partial charge on any atom is 0.297 e. The maximum absolute atomic E-state index is 12.5. The van der Waals surface area contributed by atoms with Gasteiger partial charge in [0.15, 0.2) is 0 Å². The number of hydrazone groups is 1. The molecule has 144 valence electrons. The summed E-state index contributed by atoms with van der Waals surface area (Å²) >= 11 is 3.35. The molecule has 2 N–H and O–H groups in total. The van der Waals surface area contributed by atoms with E-state index < -0.39 is 10.8 Å². The molecule has 0 fully saturated rings. The predicted molar refractivity (Wildman–Crippen MR) is 110 cm³/mol. The second kappa shape index (κ2) is 8.22. The van der Waals surface area contributed by atoms with Crippen LogP contribution in [0.4, 0.5) is 5.69 Å². The molecule has 1 heterocycles. The van der Waals surface area contributed by atoms with Crippen molar-refractivity contribution in [2.45, 2.75) is 13.8 Å². The number of H-pyrrole nitrogens is 1. The van der Waals surface area contributed by atoms with Crippen LogP contribution in [0.2, 0.25) is 0 Å². The molecule has 1 aromatic heterocycles. The van der Waals surface area contributed by atoms with E-state index in [2.05, 4.69) is 31.4 Å². The molecule has 1 amide bonds. The van der Waals surface area contributed by atoms with Crippen LogP contribution in [0.1, 0.15) is 28.5 Å². The van der Waals surface area contributed by atoms with Crippen LogP contribution >= 0.6 is 15.9 Å². The van der Waals surface area contributed by atoms with Crippen LogP contribution in [-0.4, -0.2) is 28.6 Å². The minimum Gasteiger partial charge on any atom is -0.494 e. The Bertz CT molecular complexity index is 1070. The highest BCUT2D eigenvalue weighted by Crippen LogP contribution is 2.34. The highest BCUT2D eigenvalue weighted by molar-refractivity contribution is 9.10. The highest BCUT2D eigenvalue weighted by atomic mass is 79.9. The van der Waals surface area contributed by atoms with Crippen molar-refractivity contribution in [3.05, 3.63) is 67.8 Å². The lowest BCUT2D eigenvalue weighted by Crippen LogP contribution is -2.18. The second-order valence-corrected chi connectivity index (χ2v) is 6.85. The maximum atomic E-state index is 12.5. The minimum absolute atomic E-state index is 0.151. The zero-order valence-corrected chi connectivity index (χ0v) is 16.7. The Labute approximate surface area is 168 Å². The van der Waals surface area contributed by atoms with Gasteiger partial charge < -0.3 is 9.72 Å². The number of non-ortho nitro benzene ring substituents is 1. The van der Waals surface area contributed by atoms with Crippen molar-refractivity contribution >= 4 is 44.6 Å². The van der Waals surface area contributed by atoms with Crippen molar-refractivity contribution in [1.29, 1.82) is 0 Å². The number of aromatic nitrogens is 1. The number of nitrogens with one attached hydrogen (secondary N) is 2. The van der Waals surface area contributed by atoms with E-state index >= 15 is 0 Å². The molecule has 0 aliphatic heterocycles. The van der Waals surface area contributed by atoms with Crippen LogP contribution in [0.5, 0.6) is 5.75 Å². The van der Waals surface area contributed by atoms with E-state index in [0.29, 0.717) is 23.3 Å². The van der Waals surface area contributed by atoms with E-state index in [-0.39, 0.29) is 16.9 Å². The number of aromatic amines is 1. The number of ether oxygens (including phenoxy) is 1. The lowest BCUT2D eigenvalue weighted by Gasteiger charge is -2.03. The Morgan fingerprint density at radius 2 is 2.07 bits per heavy atom. The molecular formula is C19H17BrN4O4. The van der Waals surface area contributed by atoms with Gasteiger partial charge in [0.1, 0.15) is 17.0 Å². The Kier molecular flexibility index (Phi) is 5.74. The van der Waals surface area contributed by atoms with Crippen LogP contribution in [0.15, 0.2) is 46.0 Å². The largest absolute Gasteiger partial charge is 0.494 e. The first-order chi connectivity index (χ1) is 13.4. The van der Waals surface area contributed by atoms with Crippen molar-refractivity contribution in [3.63, 3.8) is 0 Å². The molecule has 9 heteroatoms. The summed E-state index contributed by atoms with van der Waals surface area (Å²) in [5, 5.41) is 15.9. The van der Waals surface area contributed by atoms with Gasteiger partial charge in [-0.25, -0.2) is 5.43 Å². The third-order valence-corrected chi connectivity index (χ3v) is 4.63. The van der Waals surface area contributed by atoms with Crippen molar-refractivity contribution < 1.29 is 14.5 Å². The summed E-state index contributed by atoms with van der Waals surface area (Å²) in [4.78, 5) is 26.3. The van der Waals surface area contributed by atoms with E-state index in [9.17, 15) is 14.9 Å². The number of halogens is 1. The fraction of sp³-hybridized carbons (Fsp3) is 0.158. The quantitative estimate of drug-likeness (QED) is 0.335. The summed E-state index contributed by atoms with van der Waals surface area (Å²) in [5.74, 6) is -0.113. The molecule has 0 atom stereocenters. The minimum atomic E-state index is -0.506. The smallest absolute Gasteiger partial charge is 0.297 e. The fourth-order valence-corrected chi connectivity index (χ4v) is 3.04. The van der Waals surface area contributed by atoms with Crippen LogP contribution in [0, 0.1) is 17.0 Å². The molecule has 28 heavy (non-hydrogen) atoms. The standard InChI is InChI=1S/C19H17BrN4O4/c1-3-28-14-8-15-11(2)17(22-18(15)16(9-14)24(26)27)19(25)23-21-10-12-4-6-13(20)7-5-12/h4-10,22H,3H2,1-2H3,(H,23,25). The number of hydrogen-bond acceptors (Lipinski definition) is 5. The highest BCUT2D eigenvalue weighted by Gasteiger charge is 2.22. The van der Waals surface area contributed by atoms with E-state index in [4.69, 9.17) is 4.74 Å². The number of aryl methyl sites for hydroxylation is 1. The van der Waals surface area contributed by atoms with Crippen LogP contribution in [0.25, 0.3) is 10.9 Å². The number of carbonyl (C=O) groups excluding carboxylic acids is 1. The predicted octanol–water partition coefficient (Wildman–Crippen LogP) is 4.31. The number of benzene rings is 2. The first-order valence-corrected chi connectivity index (χ1v) is 9.22. The van der Waals surface area contributed by atoms with Crippen molar-refractivity contribution in [1.82, 2.24) is 10.4 Å². The Balaban J connectivity index is 1.90. The average molecular weight is 445 g/mol. The molecule has 2 aromatic carbocycles. The second-order valence-electron chi connectivity index (χ2n) is 5.93. The third-order valence-electron chi connectivity index (χ3n) is 4.10. The van der Waals surface area contributed by atoms with Gasteiger partial charge in [-0.15, -0.1) is 0 Å². The zero-order valence-electron chi connectivity index (χ0n) is 15.2. The molecule has 0 radical (unpaired) electrons. The number of nitrogens with zero attached hydrogens (tertiary/aromatic N) is 2. The summed E-state index contributed by atoms with van der Waals surface area (Å²) in [6.07, 6.45) is 1.51.